The lowest BCUT2D eigenvalue weighted by molar-refractivity contribution is 0.531. The third kappa shape index (κ3) is 2.92. The minimum absolute atomic E-state index is 0.0847. The van der Waals surface area contributed by atoms with Gasteiger partial charge >= 0.3 is 0 Å². The van der Waals surface area contributed by atoms with Crippen LogP contribution >= 0.6 is 0 Å². The van der Waals surface area contributed by atoms with Crippen LogP contribution in [0.3, 0.4) is 0 Å². The molecule has 0 spiro atoms. The molecule has 1 aliphatic rings. The fraction of sp³-hybridized carbons (Fsp3) is 0.250. The Hall–Kier alpha value is -1.65. The smallest absolute Gasteiger partial charge is 0.153 e. The van der Waals surface area contributed by atoms with Gasteiger partial charge in [-0.15, -0.1) is 0 Å². The fourth-order valence-electron chi connectivity index (χ4n) is 2.54. The molecule has 0 aromatic heterocycles. The molecule has 4 heteroatoms. The molecule has 1 fully saturated rings. The number of hydrogen-bond acceptors (Lipinski definition) is 3. The van der Waals surface area contributed by atoms with Crippen molar-refractivity contribution in [2.45, 2.75) is 6.04 Å². The quantitative estimate of drug-likeness (QED) is 0.922. The van der Waals surface area contributed by atoms with Crippen LogP contribution in [0.5, 0.6) is 0 Å². The zero-order chi connectivity index (χ0) is 14.0. The van der Waals surface area contributed by atoms with Crippen molar-refractivity contribution >= 4 is 9.84 Å². The summed E-state index contributed by atoms with van der Waals surface area (Å²) in [6.45, 7) is 0.535. The zero-order valence-electron chi connectivity index (χ0n) is 11.1. The van der Waals surface area contributed by atoms with E-state index in [0.29, 0.717) is 6.54 Å². The highest BCUT2D eigenvalue weighted by atomic mass is 32.2. The first-order valence-electron chi connectivity index (χ1n) is 6.73. The van der Waals surface area contributed by atoms with Gasteiger partial charge in [-0.2, -0.15) is 0 Å². The van der Waals surface area contributed by atoms with Gasteiger partial charge in [0.15, 0.2) is 9.84 Å². The van der Waals surface area contributed by atoms with Gasteiger partial charge in [-0.05, 0) is 16.7 Å². The van der Waals surface area contributed by atoms with E-state index >= 15 is 0 Å². The summed E-state index contributed by atoms with van der Waals surface area (Å²) in [6, 6.07) is 18.2. The molecule has 2 aromatic rings. The van der Waals surface area contributed by atoms with Crippen molar-refractivity contribution in [3.8, 4) is 11.1 Å². The number of rotatable bonds is 2. The van der Waals surface area contributed by atoms with E-state index in [9.17, 15) is 8.42 Å². The summed E-state index contributed by atoms with van der Waals surface area (Å²) in [4.78, 5) is 0. The zero-order valence-corrected chi connectivity index (χ0v) is 11.9. The van der Waals surface area contributed by atoms with E-state index in [1.165, 1.54) is 5.56 Å². The fourth-order valence-corrected chi connectivity index (χ4v) is 3.95. The Morgan fingerprint density at radius 2 is 1.55 bits per heavy atom. The predicted molar refractivity (Wildman–Crippen MR) is 81.3 cm³/mol. The minimum Gasteiger partial charge on any atom is -0.308 e. The second kappa shape index (κ2) is 5.38. The van der Waals surface area contributed by atoms with E-state index in [2.05, 4.69) is 17.4 Å². The van der Waals surface area contributed by atoms with E-state index < -0.39 is 9.84 Å². The predicted octanol–water partition coefficient (Wildman–Crippen LogP) is 2.41. The molecule has 0 bridgehead atoms. The Morgan fingerprint density at radius 1 is 0.900 bits per heavy atom. The van der Waals surface area contributed by atoms with Gasteiger partial charge in [0, 0.05) is 12.6 Å². The minimum atomic E-state index is -2.90. The van der Waals surface area contributed by atoms with Gasteiger partial charge in [-0.1, -0.05) is 54.6 Å². The maximum atomic E-state index is 11.7. The lowest BCUT2D eigenvalue weighted by atomic mass is 10.0. The summed E-state index contributed by atoms with van der Waals surface area (Å²) >= 11 is 0. The first-order valence-corrected chi connectivity index (χ1v) is 8.55. The van der Waals surface area contributed by atoms with Gasteiger partial charge in [0.2, 0.25) is 0 Å². The maximum Gasteiger partial charge on any atom is 0.153 e. The second-order valence-corrected chi connectivity index (χ2v) is 7.34. The van der Waals surface area contributed by atoms with Crippen LogP contribution in [0.25, 0.3) is 11.1 Å². The summed E-state index contributed by atoms with van der Waals surface area (Å²) < 4.78 is 23.4. The maximum absolute atomic E-state index is 11.7. The van der Waals surface area contributed by atoms with Crippen LogP contribution in [0.4, 0.5) is 0 Å². The Balaban J connectivity index is 1.83. The van der Waals surface area contributed by atoms with E-state index in [4.69, 9.17) is 0 Å². The summed E-state index contributed by atoms with van der Waals surface area (Å²) in [5.74, 6) is 0.434. The Labute approximate surface area is 119 Å². The number of benzene rings is 2. The molecule has 2 aromatic carbocycles. The molecule has 1 heterocycles. The highest BCUT2D eigenvalue weighted by Gasteiger charge is 2.25. The van der Waals surface area contributed by atoms with Crippen LogP contribution in [-0.2, 0) is 9.84 Å². The average molecular weight is 287 g/mol. The van der Waals surface area contributed by atoms with Crippen LogP contribution in [0.2, 0.25) is 0 Å². The van der Waals surface area contributed by atoms with Gasteiger partial charge in [0.05, 0.1) is 11.5 Å². The average Bonchev–Trinajstić information content (AvgIpc) is 2.47. The monoisotopic (exact) mass is 287 g/mol. The van der Waals surface area contributed by atoms with Crippen molar-refractivity contribution in [1.82, 2.24) is 5.32 Å². The van der Waals surface area contributed by atoms with Crippen LogP contribution in [0.15, 0.2) is 54.6 Å². The van der Waals surface area contributed by atoms with Crippen LogP contribution in [0, 0.1) is 0 Å². The van der Waals surface area contributed by atoms with Crippen LogP contribution < -0.4 is 5.32 Å². The summed E-state index contributed by atoms with van der Waals surface area (Å²) in [5, 5.41) is 3.27. The molecule has 1 atom stereocenters. The topological polar surface area (TPSA) is 46.2 Å². The number of nitrogens with one attached hydrogen (secondary N) is 1. The molecule has 3 rings (SSSR count). The molecule has 3 nitrogen and oxygen atoms in total. The first-order chi connectivity index (χ1) is 9.64. The molecule has 1 unspecified atom stereocenters. The highest BCUT2D eigenvalue weighted by Crippen LogP contribution is 2.23. The van der Waals surface area contributed by atoms with E-state index in [-0.39, 0.29) is 17.5 Å². The van der Waals surface area contributed by atoms with Crippen molar-refractivity contribution < 1.29 is 8.42 Å². The van der Waals surface area contributed by atoms with Gasteiger partial charge in [-0.3, -0.25) is 0 Å². The van der Waals surface area contributed by atoms with E-state index in [0.717, 1.165) is 11.1 Å². The molecule has 1 aliphatic heterocycles. The van der Waals surface area contributed by atoms with Crippen LogP contribution in [-0.4, -0.2) is 26.5 Å². The lowest BCUT2D eigenvalue weighted by Gasteiger charge is -2.24. The third-order valence-electron chi connectivity index (χ3n) is 3.64. The van der Waals surface area contributed by atoms with Crippen molar-refractivity contribution in [3.05, 3.63) is 60.2 Å². The largest absolute Gasteiger partial charge is 0.308 e. The molecular weight excluding hydrogens is 270 g/mol. The summed E-state index contributed by atoms with van der Waals surface area (Å²) in [6.07, 6.45) is 0. The van der Waals surface area contributed by atoms with E-state index in [1.54, 1.807) is 0 Å². The van der Waals surface area contributed by atoms with Crippen molar-refractivity contribution in [3.63, 3.8) is 0 Å². The Kier molecular flexibility index (Phi) is 3.59. The van der Waals surface area contributed by atoms with Gasteiger partial charge in [0.25, 0.3) is 0 Å². The van der Waals surface area contributed by atoms with Crippen molar-refractivity contribution in [2.24, 2.45) is 0 Å². The standard InChI is InChI=1S/C16H17NO2S/c18-20(19)11-10-17-16(12-20)15-8-6-14(7-9-15)13-4-2-1-3-5-13/h1-9,16-17H,10-12H2. The Morgan fingerprint density at radius 3 is 2.20 bits per heavy atom. The second-order valence-electron chi connectivity index (χ2n) is 5.11. The van der Waals surface area contributed by atoms with Crippen LogP contribution in [0.1, 0.15) is 11.6 Å². The number of sulfone groups is 1. The molecule has 0 radical (unpaired) electrons. The van der Waals surface area contributed by atoms with E-state index in [1.807, 2.05) is 42.5 Å². The van der Waals surface area contributed by atoms with Gasteiger partial charge in [-0.25, -0.2) is 8.42 Å². The lowest BCUT2D eigenvalue weighted by Crippen LogP contribution is -2.39. The molecule has 0 saturated carbocycles. The molecule has 0 amide bonds. The molecule has 20 heavy (non-hydrogen) atoms. The molecular formula is C16H17NO2S. The number of hydrogen-bond donors (Lipinski definition) is 1. The Bertz CT molecular complexity index is 678. The van der Waals surface area contributed by atoms with Gasteiger partial charge in [0.1, 0.15) is 0 Å². The molecule has 104 valence electrons. The summed E-state index contributed by atoms with van der Waals surface area (Å²) in [5.41, 5.74) is 3.35. The molecule has 1 saturated heterocycles. The molecule has 1 N–H and O–H groups in total. The highest BCUT2D eigenvalue weighted by molar-refractivity contribution is 7.91. The SMILES string of the molecule is O=S1(=O)CCNC(c2ccc(-c3ccccc3)cc2)C1. The molecule has 0 aliphatic carbocycles. The first kappa shape index (κ1) is 13.3. The summed E-state index contributed by atoms with van der Waals surface area (Å²) in [7, 11) is -2.90. The van der Waals surface area contributed by atoms with Gasteiger partial charge < -0.3 is 5.32 Å². The third-order valence-corrected chi connectivity index (χ3v) is 5.31. The normalized spacial score (nSPS) is 21.5. The van der Waals surface area contributed by atoms with Crippen molar-refractivity contribution in [1.29, 1.82) is 0 Å². The van der Waals surface area contributed by atoms with Crippen molar-refractivity contribution in [2.75, 3.05) is 18.1 Å².